The zero-order valence-corrected chi connectivity index (χ0v) is 24.9. The van der Waals surface area contributed by atoms with Crippen molar-refractivity contribution in [1.29, 1.82) is 0 Å². The Morgan fingerprint density at radius 3 is 2.12 bits per heavy atom. The second kappa shape index (κ2) is 13.0. The quantitative estimate of drug-likeness (QED) is 0.358. The Labute approximate surface area is 240 Å². The van der Waals surface area contributed by atoms with Gasteiger partial charge in [-0.25, -0.2) is 12.8 Å². The molecule has 220 valence electrons. The fraction of sp³-hybridized carbons (Fsp3) is 0.333. The molecule has 11 heteroatoms. The van der Waals surface area contributed by atoms with Crippen LogP contribution in [0.2, 0.25) is 0 Å². The lowest BCUT2D eigenvalue weighted by atomic mass is 10.1. The summed E-state index contributed by atoms with van der Waals surface area (Å²) in [4.78, 5) is 28.3. The number of amides is 2. The van der Waals surface area contributed by atoms with E-state index in [2.05, 4.69) is 5.32 Å². The van der Waals surface area contributed by atoms with Gasteiger partial charge < -0.3 is 19.7 Å². The summed E-state index contributed by atoms with van der Waals surface area (Å²) in [6.45, 7) is 5.99. The molecule has 0 saturated carbocycles. The third kappa shape index (κ3) is 7.75. The second-order valence-corrected chi connectivity index (χ2v) is 12.3. The molecule has 0 aliphatic heterocycles. The first-order valence-corrected chi connectivity index (χ1v) is 14.4. The van der Waals surface area contributed by atoms with E-state index in [9.17, 15) is 22.4 Å². The number of methoxy groups -OCH3 is 2. The number of ether oxygens (including phenoxy) is 2. The molecule has 0 radical (unpaired) electrons. The van der Waals surface area contributed by atoms with Crippen molar-refractivity contribution in [3.63, 3.8) is 0 Å². The Kier molecular flexibility index (Phi) is 9.98. The van der Waals surface area contributed by atoms with Crippen LogP contribution in [-0.4, -0.2) is 57.5 Å². The summed E-state index contributed by atoms with van der Waals surface area (Å²) < 4.78 is 54.1. The number of halogens is 1. The molecule has 3 rings (SSSR count). The fourth-order valence-corrected chi connectivity index (χ4v) is 5.52. The molecule has 1 N–H and O–H groups in total. The number of nitrogens with one attached hydrogen (secondary N) is 1. The van der Waals surface area contributed by atoms with Crippen LogP contribution in [0.1, 0.15) is 33.3 Å². The molecular formula is C30H36FN3O6S. The average Bonchev–Trinajstić information content (AvgIpc) is 2.94. The van der Waals surface area contributed by atoms with Gasteiger partial charge in [-0.05, 0) is 58.0 Å². The van der Waals surface area contributed by atoms with Crippen molar-refractivity contribution in [3.05, 3.63) is 84.2 Å². The Bertz CT molecular complexity index is 1480. The van der Waals surface area contributed by atoms with Crippen LogP contribution in [0, 0.1) is 5.82 Å². The van der Waals surface area contributed by atoms with E-state index in [1.165, 1.54) is 74.6 Å². The smallest absolute Gasteiger partial charge is 0.264 e. The monoisotopic (exact) mass is 585 g/mol. The van der Waals surface area contributed by atoms with Crippen LogP contribution in [-0.2, 0) is 26.2 Å². The molecule has 3 aromatic carbocycles. The molecule has 0 aliphatic carbocycles. The van der Waals surface area contributed by atoms with Crippen molar-refractivity contribution in [2.45, 2.75) is 50.7 Å². The number of carbonyl (C=O) groups is 2. The van der Waals surface area contributed by atoms with Crippen LogP contribution in [0.5, 0.6) is 11.5 Å². The van der Waals surface area contributed by atoms with E-state index in [4.69, 9.17) is 9.47 Å². The highest BCUT2D eigenvalue weighted by atomic mass is 32.2. The normalized spacial score (nSPS) is 12.3. The lowest BCUT2D eigenvalue weighted by molar-refractivity contribution is -0.140. The predicted octanol–water partition coefficient (Wildman–Crippen LogP) is 4.37. The maximum Gasteiger partial charge on any atom is 0.264 e. The Balaban J connectivity index is 2.09. The third-order valence-electron chi connectivity index (χ3n) is 6.23. The summed E-state index contributed by atoms with van der Waals surface area (Å²) in [5.41, 5.74) is -0.280. The largest absolute Gasteiger partial charge is 0.493 e. The van der Waals surface area contributed by atoms with E-state index in [1.807, 2.05) is 0 Å². The Morgan fingerprint density at radius 1 is 0.927 bits per heavy atom. The predicted molar refractivity (Wildman–Crippen MR) is 155 cm³/mol. The fourth-order valence-electron chi connectivity index (χ4n) is 4.10. The van der Waals surface area contributed by atoms with Gasteiger partial charge in [0.1, 0.15) is 18.4 Å². The topological polar surface area (TPSA) is 105 Å². The molecule has 1 atom stereocenters. The molecule has 0 aromatic heterocycles. The molecule has 9 nitrogen and oxygen atoms in total. The van der Waals surface area contributed by atoms with Crippen molar-refractivity contribution < 1.29 is 31.9 Å². The van der Waals surface area contributed by atoms with Crippen molar-refractivity contribution in [3.8, 4) is 11.5 Å². The molecular weight excluding hydrogens is 549 g/mol. The summed E-state index contributed by atoms with van der Waals surface area (Å²) in [6.07, 6.45) is 0. The van der Waals surface area contributed by atoms with Gasteiger partial charge in [-0.15, -0.1) is 0 Å². The summed E-state index contributed by atoms with van der Waals surface area (Å²) in [6, 6.07) is 17.0. The van der Waals surface area contributed by atoms with Gasteiger partial charge in [0, 0.05) is 23.7 Å². The second-order valence-electron chi connectivity index (χ2n) is 10.4. The molecule has 0 bridgehead atoms. The van der Waals surface area contributed by atoms with E-state index < -0.39 is 45.8 Å². The van der Waals surface area contributed by atoms with E-state index in [0.29, 0.717) is 5.75 Å². The van der Waals surface area contributed by atoms with Gasteiger partial charge in [-0.3, -0.25) is 13.9 Å². The first kappa shape index (κ1) is 31.4. The van der Waals surface area contributed by atoms with Gasteiger partial charge in [-0.1, -0.05) is 36.4 Å². The summed E-state index contributed by atoms with van der Waals surface area (Å²) in [7, 11) is -1.41. The van der Waals surface area contributed by atoms with Crippen molar-refractivity contribution >= 4 is 27.5 Å². The van der Waals surface area contributed by atoms with Crippen LogP contribution in [0.4, 0.5) is 10.1 Å². The molecule has 0 aliphatic rings. The summed E-state index contributed by atoms with van der Waals surface area (Å²) >= 11 is 0. The number of benzene rings is 3. The lowest BCUT2D eigenvalue weighted by Gasteiger charge is -2.33. The number of sulfonamides is 1. The average molecular weight is 586 g/mol. The van der Waals surface area contributed by atoms with E-state index in [1.54, 1.807) is 45.0 Å². The zero-order valence-electron chi connectivity index (χ0n) is 24.0. The number of carbonyl (C=O) groups excluding carboxylic acids is 2. The van der Waals surface area contributed by atoms with Crippen LogP contribution in [0.3, 0.4) is 0 Å². The highest BCUT2D eigenvalue weighted by Gasteiger charge is 2.34. The van der Waals surface area contributed by atoms with Gasteiger partial charge in [-0.2, -0.15) is 0 Å². The number of nitrogens with zero attached hydrogens (tertiary/aromatic N) is 2. The minimum Gasteiger partial charge on any atom is -0.493 e. The Morgan fingerprint density at radius 2 is 1.54 bits per heavy atom. The number of rotatable bonds is 11. The van der Waals surface area contributed by atoms with Gasteiger partial charge >= 0.3 is 0 Å². The molecule has 0 saturated heterocycles. The van der Waals surface area contributed by atoms with Crippen LogP contribution < -0.4 is 19.1 Å². The van der Waals surface area contributed by atoms with Crippen molar-refractivity contribution in [2.75, 3.05) is 25.1 Å². The van der Waals surface area contributed by atoms with Crippen LogP contribution >= 0.6 is 0 Å². The van der Waals surface area contributed by atoms with E-state index >= 15 is 0 Å². The maximum absolute atomic E-state index is 14.7. The zero-order chi connectivity index (χ0) is 30.4. The first-order valence-electron chi connectivity index (χ1n) is 12.9. The highest BCUT2D eigenvalue weighted by molar-refractivity contribution is 7.92. The van der Waals surface area contributed by atoms with E-state index in [0.717, 1.165) is 4.31 Å². The van der Waals surface area contributed by atoms with Gasteiger partial charge in [0.25, 0.3) is 10.0 Å². The standard InChI is InChI=1S/C30H36FN3O6S/c1-21(29(36)32-30(2,3)4)33(19-22-12-10-11-15-25(22)31)28(35)20-34(41(37,38)24-13-8-7-9-14-24)23-16-17-26(39-5)27(18-23)40-6/h7-18,21H,19-20H2,1-6H3,(H,32,36). The SMILES string of the molecule is COc1ccc(N(CC(=O)N(Cc2ccccc2F)C(C)C(=O)NC(C)(C)C)S(=O)(=O)c2ccccc2)cc1OC. The number of anilines is 1. The molecule has 1 unspecified atom stereocenters. The lowest BCUT2D eigenvalue weighted by Crippen LogP contribution is -2.54. The maximum atomic E-state index is 14.7. The van der Waals surface area contributed by atoms with Crippen molar-refractivity contribution in [1.82, 2.24) is 10.2 Å². The minimum atomic E-state index is -4.27. The van der Waals surface area contributed by atoms with Crippen molar-refractivity contribution in [2.24, 2.45) is 0 Å². The molecule has 0 spiro atoms. The number of hydrogen-bond donors (Lipinski definition) is 1. The summed E-state index contributed by atoms with van der Waals surface area (Å²) in [5.74, 6) is -1.10. The van der Waals surface area contributed by atoms with Gasteiger partial charge in [0.15, 0.2) is 11.5 Å². The van der Waals surface area contributed by atoms with E-state index in [-0.39, 0.29) is 28.4 Å². The highest BCUT2D eigenvalue weighted by Crippen LogP contribution is 2.34. The molecule has 0 fully saturated rings. The summed E-state index contributed by atoms with van der Waals surface area (Å²) in [5, 5.41) is 2.83. The molecule has 3 aromatic rings. The molecule has 2 amide bonds. The van der Waals surface area contributed by atoms with Gasteiger partial charge in [0.05, 0.1) is 24.8 Å². The van der Waals surface area contributed by atoms with Gasteiger partial charge in [0.2, 0.25) is 11.8 Å². The first-order chi connectivity index (χ1) is 19.3. The molecule has 41 heavy (non-hydrogen) atoms. The minimum absolute atomic E-state index is 0.0400. The van der Waals surface area contributed by atoms with Crippen LogP contribution in [0.25, 0.3) is 0 Å². The Hall–Kier alpha value is -4.12. The third-order valence-corrected chi connectivity index (χ3v) is 8.02. The number of hydrogen-bond acceptors (Lipinski definition) is 6. The molecule has 0 heterocycles. The van der Waals surface area contributed by atoms with Crippen LogP contribution in [0.15, 0.2) is 77.7 Å².